The number of nitrogens with zero attached hydrogens (tertiary/aromatic N) is 4. The van der Waals surface area contributed by atoms with E-state index in [0.29, 0.717) is 17.2 Å². The summed E-state index contributed by atoms with van der Waals surface area (Å²) in [6.07, 6.45) is 7.14. The second-order valence-corrected chi connectivity index (χ2v) is 6.11. The third-order valence-corrected chi connectivity index (χ3v) is 4.18. The SMILES string of the molecule is COc1cc(NC(=O)CSc2cnn(C)c2)cc(-n2cccn2)c1. The van der Waals surface area contributed by atoms with Gasteiger partial charge in [-0.15, -0.1) is 11.8 Å². The molecule has 0 aliphatic heterocycles. The van der Waals surface area contributed by atoms with Gasteiger partial charge >= 0.3 is 0 Å². The van der Waals surface area contributed by atoms with E-state index in [4.69, 9.17) is 4.74 Å². The number of hydrogen-bond donors (Lipinski definition) is 1. The van der Waals surface area contributed by atoms with Gasteiger partial charge in [0, 0.05) is 48.4 Å². The van der Waals surface area contributed by atoms with Crippen LogP contribution in [0.3, 0.4) is 0 Å². The van der Waals surface area contributed by atoms with Crippen LogP contribution < -0.4 is 10.1 Å². The van der Waals surface area contributed by atoms with Crippen LogP contribution in [0, 0.1) is 0 Å². The lowest BCUT2D eigenvalue weighted by Crippen LogP contribution is -2.14. The average Bonchev–Trinajstić information content (AvgIpc) is 3.24. The molecular weight excluding hydrogens is 326 g/mol. The van der Waals surface area contributed by atoms with Gasteiger partial charge in [0.2, 0.25) is 5.91 Å². The van der Waals surface area contributed by atoms with Crippen molar-refractivity contribution in [2.75, 3.05) is 18.2 Å². The van der Waals surface area contributed by atoms with E-state index in [2.05, 4.69) is 15.5 Å². The molecule has 24 heavy (non-hydrogen) atoms. The summed E-state index contributed by atoms with van der Waals surface area (Å²) in [6.45, 7) is 0. The van der Waals surface area contributed by atoms with Crippen molar-refractivity contribution in [2.45, 2.75) is 4.90 Å². The summed E-state index contributed by atoms with van der Waals surface area (Å²) in [7, 11) is 3.43. The van der Waals surface area contributed by atoms with Gasteiger partial charge in [0.15, 0.2) is 0 Å². The maximum absolute atomic E-state index is 12.2. The smallest absolute Gasteiger partial charge is 0.234 e. The van der Waals surface area contributed by atoms with Gasteiger partial charge in [-0.05, 0) is 12.1 Å². The number of aromatic nitrogens is 4. The molecule has 3 rings (SSSR count). The number of thioether (sulfide) groups is 1. The van der Waals surface area contributed by atoms with Crippen molar-refractivity contribution in [2.24, 2.45) is 7.05 Å². The summed E-state index contributed by atoms with van der Waals surface area (Å²) in [5, 5.41) is 11.2. The monoisotopic (exact) mass is 343 g/mol. The van der Waals surface area contributed by atoms with Gasteiger partial charge in [0.1, 0.15) is 5.75 Å². The molecule has 2 heterocycles. The Morgan fingerprint density at radius 3 is 2.88 bits per heavy atom. The minimum atomic E-state index is -0.0940. The second kappa shape index (κ2) is 7.22. The maximum Gasteiger partial charge on any atom is 0.234 e. The molecule has 0 atom stereocenters. The number of methoxy groups -OCH3 is 1. The number of nitrogens with one attached hydrogen (secondary N) is 1. The molecule has 124 valence electrons. The van der Waals surface area contributed by atoms with E-state index in [1.165, 1.54) is 11.8 Å². The van der Waals surface area contributed by atoms with E-state index in [-0.39, 0.29) is 5.91 Å². The van der Waals surface area contributed by atoms with Gasteiger partial charge in [0.05, 0.1) is 24.7 Å². The van der Waals surface area contributed by atoms with Crippen LogP contribution in [0.15, 0.2) is 53.9 Å². The van der Waals surface area contributed by atoms with Gasteiger partial charge in [-0.3, -0.25) is 9.48 Å². The van der Waals surface area contributed by atoms with Crippen molar-refractivity contribution >= 4 is 23.4 Å². The molecule has 0 aliphatic rings. The van der Waals surface area contributed by atoms with E-state index >= 15 is 0 Å². The molecule has 0 bridgehead atoms. The predicted octanol–water partition coefficient (Wildman–Crippen LogP) is 2.35. The lowest BCUT2D eigenvalue weighted by molar-refractivity contribution is -0.113. The lowest BCUT2D eigenvalue weighted by Gasteiger charge is -2.10. The molecule has 7 nitrogen and oxygen atoms in total. The molecule has 1 N–H and O–H groups in total. The number of carbonyl (C=O) groups is 1. The largest absolute Gasteiger partial charge is 0.497 e. The summed E-state index contributed by atoms with van der Waals surface area (Å²) >= 11 is 1.44. The minimum Gasteiger partial charge on any atom is -0.497 e. The van der Waals surface area contributed by atoms with Crippen LogP contribution in [0.2, 0.25) is 0 Å². The number of aryl methyl sites for hydroxylation is 1. The Bertz CT molecular complexity index is 829. The van der Waals surface area contributed by atoms with Crippen LogP contribution in [0.25, 0.3) is 5.69 Å². The van der Waals surface area contributed by atoms with Gasteiger partial charge in [-0.1, -0.05) is 0 Å². The molecule has 1 amide bonds. The molecule has 3 aromatic rings. The first-order valence-electron chi connectivity index (χ1n) is 7.24. The van der Waals surface area contributed by atoms with Crippen LogP contribution in [-0.2, 0) is 11.8 Å². The van der Waals surface area contributed by atoms with E-state index in [9.17, 15) is 4.79 Å². The molecule has 0 saturated heterocycles. The molecular formula is C16H17N5O2S. The average molecular weight is 343 g/mol. The van der Waals surface area contributed by atoms with E-state index in [1.54, 1.807) is 34.9 Å². The second-order valence-electron chi connectivity index (χ2n) is 5.06. The van der Waals surface area contributed by atoms with Gasteiger partial charge in [-0.25, -0.2) is 4.68 Å². The van der Waals surface area contributed by atoms with Crippen molar-refractivity contribution in [3.8, 4) is 11.4 Å². The van der Waals surface area contributed by atoms with E-state index < -0.39 is 0 Å². The number of carbonyl (C=O) groups excluding carboxylic acids is 1. The minimum absolute atomic E-state index is 0.0940. The van der Waals surface area contributed by atoms with Crippen LogP contribution in [0.1, 0.15) is 0 Å². The molecule has 0 fully saturated rings. The molecule has 1 aromatic carbocycles. The number of ether oxygens (including phenoxy) is 1. The number of rotatable bonds is 6. The third kappa shape index (κ3) is 3.96. The Morgan fingerprint density at radius 1 is 1.33 bits per heavy atom. The first-order chi connectivity index (χ1) is 11.6. The predicted molar refractivity (Wildman–Crippen MR) is 92.7 cm³/mol. The molecule has 8 heteroatoms. The van der Waals surface area contributed by atoms with Crippen molar-refractivity contribution in [3.63, 3.8) is 0 Å². The molecule has 0 saturated carbocycles. The standard InChI is InChI=1S/C16H17N5O2S/c1-20-10-15(9-18-20)24-11-16(22)19-12-6-13(8-14(7-12)23-2)21-5-3-4-17-21/h3-10H,11H2,1-2H3,(H,19,22). The summed E-state index contributed by atoms with van der Waals surface area (Å²) in [5.41, 5.74) is 1.48. The maximum atomic E-state index is 12.2. The fourth-order valence-corrected chi connectivity index (χ4v) is 2.87. The van der Waals surface area contributed by atoms with Crippen LogP contribution in [0.5, 0.6) is 5.75 Å². The number of hydrogen-bond acceptors (Lipinski definition) is 5. The quantitative estimate of drug-likeness (QED) is 0.696. The Morgan fingerprint density at radius 2 is 2.21 bits per heavy atom. The number of amides is 1. The highest BCUT2D eigenvalue weighted by atomic mass is 32.2. The first-order valence-corrected chi connectivity index (χ1v) is 8.23. The Labute approximate surface area is 143 Å². The fourth-order valence-electron chi connectivity index (χ4n) is 2.15. The zero-order chi connectivity index (χ0) is 16.9. The van der Waals surface area contributed by atoms with Crippen molar-refractivity contribution in [3.05, 3.63) is 49.1 Å². The summed E-state index contributed by atoms with van der Waals surface area (Å²) in [6, 6.07) is 7.32. The normalized spacial score (nSPS) is 10.6. The zero-order valence-corrected chi connectivity index (χ0v) is 14.2. The molecule has 0 spiro atoms. The molecule has 0 aliphatic carbocycles. The van der Waals surface area contributed by atoms with E-state index in [1.807, 2.05) is 37.6 Å². The van der Waals surface area contributed by atoms with Gasteiger partial charge in [-0.2, -0.15) is 10.2 Å². The zero-order valence-electron chi connectivity index (χ0n) is 13.3. The van der Waals surface area contributed by atoms with Crippen molar-refractivity contribution in [1.29, 1.82) is 0 Å². The van der Waals surface area contributed by atoms with Gasteiger partial charge in [0.25, 0.3) is 0 Å². The summed E-state index contributed by atoms with van der Waals surface area (Å²) in [5.74, 6) is 0.863. The number of anilines is 1. The highest BCUT2D eigenvalue weighted by molar-refractivity contribution is 8.00. The van der Waals surface area contributed by atoms with Crippen LogP contribution in [0.4, 0.5) is 5.69 Å². The van der Waals surface area contributed by atoms with Gasteiger partial charge < -0.3 is 10.1 Å². The molecule has 2 aromatic heterocycles. The van der Waals surface area contributed by atoms with E-state index in [0.717, 1.165) is 10.6 Å². The van der Waals surface area contributed by atoms with Crippen LogP contribution >= 0.6 is 11.8 Å². The van der Waals surface area contributed by atoms with Crippen molar-refractivity contribution in [1.82, 2.24) is 19.6 Å². The molecule has 0 unspecified atom stereocenters. The molecule has 0 radical (unpaired) electrons. The van der Waals surface area contributed by atoms with Crippen LogP contribution in [-0.4, -0.2) is 38.3 Å². The highest BCUT2D eigenvalue weighted by Crippen LogP contribution is 2.24. The Kier molecular flexibility index (Phi) is 4.85. The van der Waals surface area contributed by atoms with Crippen molar-refractivity contribution < 1.29 is 9.53 Å². The summed E-state index contributed by atoms with van der Waals surface area (Å²) in [4.78, 5) is 13.1. The highest BCUT2D eigenvalue weighted by Gasteiger charge is 2.08. The first kappa shape index (κ1) is 16.1. The lowest BCUT2D eigenvalue weighted by atomic mass is 10.2. The third-order valence-electron chi connectivity index (χ3n) is 3.23. The fraction of sp³-hybridized carbons (Fsp3) is 0.188. The topological polar surface area (TPSA) is 74.0 Å². The summed E-state index contributed by atoms with van der Waals surface area (Å²) < 4.78 is 8.72. The Balaban J connectivity index is 1.69. The Hall–Kier alpha value is -2.74. The number of benzene rings is 1.